The summed E-state index contributed by atoms with van der Waals surface area (Å²) in [4.78, 5) is 15.9. The average molecular weight is 459 g/mol. The molecule has 4 nitrogen and oxygen atoms in total. The molecule has 1 aromatic carbocycles. The van der Waals surface area contributed by atoms with Crippen molar-refractivity contribution in [1.29, 1.82) is 0 Å². The summed E-state index contributed by atoms with van der Waals surface area (Å²) >= 11 is 0. The summed E-state index contributed by atoms with van der Waals surface area (Å²) in [6.45, 7) is 9.94. The lowest BCUT2D eigenvalue weighted by Gasteiger charge is -2.42. The fraction of sp³-hybridized carbons (Fsp3) is 0.750. The van der Waals surface area contributed by atoms with Crippen molar-refractivity contribution in [2.45, 2.75) is 95.2 Å². The topological polar surface area (TPSA) is 41.6 Å². The maximum Gasteiger partial charge on any atom is 0.230 e. The molecule has 33 heavy (non-hydrogen) atoms. The zero-order chi connectivity index (χ0) is 23.5. The standard InChI is InChI=1S/C28H43FN2O2/c1-22-7-9-24(10-8-22)28(12-5-4-6-13-28)25(32)30-21-27(29)14-16-31(17-15-27)20-23-11-18-33-26(2,3)19-23/h7-10,23H,4-6,11-21H2,1-3H3,(H,30,32). The predicted octanol–water partition coefficient (Wildman–Crippen LogP) is 5.32. The quantitative estimate of drug-likeness (QED) is 0.627. The molecule has 5 heteroatoms. The first kappa shape index (κ1) is 24.7. The van der Waals surface area contributed by atoms with Crippen LogP contribution in [0.1, 0.15) is 82.8 Å². The molecule has 1 atom stereocenters. The van der Waals surface area contributed by atoms with Crippen LogP contribution in [0.15, 0.2) is 24.3 Å². The first-order valence-corrected chi connectivity index (χ1v) is 13.1. The predicted molar refractivity (Wildman–Crippen MR) is 131 cm³/mol. The number of rotatable bonds is 6. The molecule has 3 aliphatic rings. The molecule has 3 fully saturated rings. The van der Waals surface area contributed by atoms with Gasteiger partial charge < -0.3 is 15.0 Å². The highest BCUT2D eigenvalue weighted by molar-refractivity contribution is 5.88. The first-order chi connectivity index (χ1) is 15.7. The Bertz CT molecular complexity index is 793. The smallest absolute Gasteiger partial charge is 0.230 e. The van der Waals surface area contributed by atoms with Gasteiger partial charge in [0.05, 0.1) is 17.6 Å². The second kappa shape index (κ2) is 10.0. The minimum atomic E-state index is -1.30. The molecule has 2 aliphatic heterocycles. The lowest BCUT2D eigenvalue weighted by atomic mass is 9.68. The Kier molecular flexibility index (Phi) is 7.50. The molecule has 0 radical (unpaired) electrons. The van der Waals surface area contributed by atoms with E-state index in [0.717, 1.165) is 70.3 Å². The molecule has 184 valence electrons. The fourth-order valence-corrected chi connectivity index (χ4v) is 6.27. The van der Waals surface area contributed by atoms with Crippen molar-refractivity contribution >= 4 is 5.91 Å². The molecular weight excluding hydrogens is 415 g/mol. The van der Waals surface area contributed by atoms with Crippen molar-refractivity contribution in [3.63, 3.8) is 0 Å². The lowest BCUT2D eigenvalue weighted by molar-refractivity contribution is -0.129. The highest BCUT2D eigenvalue weighted by Gasteiger charge is 2.43. The number of likely N-dealkylation sites (tertiary alicyclic amines) is 1. The van der Waals surface area contributed by atoms with Crippen molar-refractivity contribution in [3.05, 3.63) is 35.4 Å². The average Bonchev–Trinajstić information content (AvgIpc) is 2.79. The lowest BCUT2D eigenvalue weighted by Crippen LogP contribution is -2.53. The Labute approximate surface area is 199 Å². The maximum atomic E-state index is 15.7. The van der Waals surface area contributed by atoms with Crippen molar-refractivity contribution in [1.82, 2.24) is 10.2 Å². The van der Waals surface area contributed by atoms with Crippen LogP contribution >= 0.6 is 0 Å². The highest BCUT2D eigenvalue weighted by Crippen LogP contribution is 2.40. The Hall–Kier alpha value is -1.46. The zero-order valence-corrected chi connectivity index (χ0v) is 20.9. The number of piperidine rings is 1. The molecule has 1 saturated carbocycles. The van der Waals surface area contributed by atoms with E-state index in [4.69, 9.17) is 4.74 Å². The molecule has 1 aliphatic carbocycles. The number of benzene rings is 1. The Balaban J connectivity index is 1.31. The van der Waals surface area contributed by atoms with Gasteiger partial charge in [-0.2, -0.15) is 0 Å². The molecule has 0 bridgehead atoms. The van der Waals surface area contributed by atoms with Crippen LogP contribution in [0.3, 0.4) is 0 Å². The van der Waals surface area contributed by atoms with E-state index in [0.29, 0.717) is 18.8 Å². The number of nitrogens with zero attached hydrogens (tertiary/aromatic N) is 1. The van der Waals surface area contributed by atoms with Gasteiger partial charge in [0.1, 0.15) is 5.67 Å². The summed E-state index contributed by atoms with van der Waals surface area (Å²) in [7, 11) is 0. The van der Waals surface area contributed by atoms with E-state index >= 15 is 4.39 Å². The number of hydrogen-bond donors (Lipinski definition) is 1. The largest absolute Gasteiger partial charge is 0.376 e. The normalized spacial score (nSPS) is 27.1. The molecule has 2 saturated heterocycles. The number of alkyl halides is 1. The van der Waals surface area contributed by atoms with Gasteiger partial charge in [-0.1, -0.05) is 49.1 Å². The first-order valence-electron chi connectivity index (χ1n) is 13.1. The number of nitrogens with one attached hydrogen (secondary N) is 1. The van der Waals surface area contributed by atoms with E-state index in [9.17, 15) is 4.79 Å². The van der Waals surface area contributed by atoms with Gasteiger partial charge in [-0.05, 0) is 70.8 Å². The van der Waals surface area contributed by atoms with Crippen molar-refractivity contribution in [2.75, 3.05) is 32.8 Å². The summed E-state index contributed by atoms with van der Waals surface area (Å²) in [5.41, 5.74) is 0.443. The number of carbonyl (C=O) groups excluding carboxylic acids is 1. The Morgan fingerprint density at radius 3 is 2.39 bits per heavy atom. The molecule has 1 unspecified atom stereocenters. The number of ether oxygens (including phenoxy) is 1. The van der Waals surface area contributed by atoms with E-state index in [2.05, 4.69) is 55.3 Å². The van der Waals surface area contributed by atoms with Crippen molar-refractivity contribution in [3.8, 4) is 0 Å². The molecular formula is C28H43FN2O2. The number of halogens is 1. The van der Waals surface area contributed by atoms with Gasteiger partial charge in [-0.15, -0.1) is 0 Å². The molecule has 1 aromatic rings. The minimum absolute atomic E-state index is 0.0231. The summed E-state index contributed by atoms with van der Waals surface area (Å²) in [5.74, 6) is 0.649. The summed E-state index contributed by atoms with van der Waals surface area (Å²) in [6.07, 6.45) is 8.16. The third kappa shape index (κ3) is 5.97. The SMILES string of the molecule is Cc1ccc(C2(C(=O)NCC3(F)CCN(CC4CCOC(C)(C)C4)CC3)CCCCC2)cc1. The van der Waals surface area contributed by atoms with Gasteiger partial charge in [0.2, 0.25) is 5.91 Å². The molecule has 1 amide bonds. The number of hydrogen-bond acceptors (Lipinski definition) is 3. The highest BCUT2D eigenvalue weighted by atomic mass is 19.1. The second-order valence-electron chi connectivity index (χ2n) is 11.6. The minimum Gasteiger partial charge on any atom is -0.376 e. The number of amides is 1. The maximum absolute atomic E-state index is 15.7. The second-order valence-corrected chi connectivity index (χ2v) is 11.6. The van der Waals surface area contributed by atoms with Crippen molar-refractivity contribution < 1.29 is 13.9 Å². The van der Waals surface area contributed by atoms with Gasteiger partial charge >= 0.3 is 0 Å². The van der Waals surface area contributed by atoms with Crippen LogP contribution < -0.4 is 5.32 Å². The molecule has 4 rings (SSSR count). The number of carbonyl (C=O) groups is 1. The third-order valence-electron chi connectivity index (χ3n) is 8.38. The summed E-state index contributed by atoms with van der Waals surface area (Å²) in [5, 5.41) is 3.07. The van der Waals surface area contributed by atoms with E-state index < -0.39 is 11.1 Å². The van der Waals surface area contributed by atoms with Crippen LogP contribution in [0.4, 0.5) is 4.39 Å². The van der Waals surface area contributed by atoms with Gasteiger partial charge in [0.25, 0.3) is 0 Å². The molecule has 1 N–H and O–H groups in total. The van der Waals surface area contributed by atoms with E-state index in [1.165, 1.54) is 12.0 Å². The Morgan fingerprint density at radius 2 is 1.76 bits per heavy atom. The molecule has 2 heterocycles. The molecule has 0 aromatic heterocycles. The van der Waals surface area contributed by atoms with Gasteiger partial charge in [-0.25, -0.2) is 4.39 Å². The third-order valence-corrected chi connectivity index (χ3v) is 8.38. The van der Waals surface area contributed by atoms with E-state index in [-0.39, 0.29) is 18.1 Å². The zero-order valence-electron chi connectivity index (χ0n) is 20.9. The van der Waals surface area contributed by atoms with Crippen LogP contribution in [-0.4, -0.2) is 54.9 Å². The van der Waals surface area contributed by atoms with E-state index in [1.54, 1.807) is 0 Å². The van der Waals surface area contributed by atoms with Gasteiger partial charge in [0, 0.05) is 26.2 Å². The fourth-order valence-electron chi connectivity index (χ4n) is 6.27. The van der Waals surface area contributed by atoms with Crippen LogP contribution in [-0.2, 0) is 14.9 Å². The summed E-state index contributed by atoms with van der Waals surface area (Å²) in [6, 6.07) is 8.37. The van der Waals surface area contributed by atoms with Crippen LogP contribution in [0, 0.1) is 12.8 Å². The van der Waals surface area contributed by atoms with Crippen LogP contribution in [0.25, 0.3) is 0 Å². The van der Waals surface area contributed by atoms with Gasteiger partial charge in [0.15, 0.2) is 0 Å². The van der Waals surface area contributed by atoms with Crippen LogP contribution in [0.2, 0.25) is 0 Å². The van der Waals surface area contributed by atoms with E-state index in [1.807, 2.05) is 0 Å². The Morgan fingerprint density at radius 1 is 1.09 bits per heavy atom. The number of aryl methyl sites for hydroxylation is 1. The van der Waals surface area contributed by atoms with Gasteiger partial charge in [-0.3, -0.25) is 4.79 Å². The monoisotopic (exact) mass is 458 g/mol. The van der Waals surface area contributed by atoms with Crippen molar-refractivity contribution in [2.24, 2.45) is 5.92 Å². The summed E-state index contributed by atoms with van der Waals surface area (Å²) < 4.78 is 21.5. The molecule has 0 spiro atoms. The van der Waals surface area contributed by atoms with Crippen LogP contribution in [0.5, 0.6) is 0 Å².